The van der Waals surface area contributed by atoms with E-state index >= 15 is 0 Å². The molecule has 3 aromatic carbocycles. The predicted molar refractivity (Wildman–Crippen MR) is 123 cm³/mol. The molecule has 3 aromatic rings. The fourth-order valence-corrected chi connectivity index (χ4v) is 4.18. The lowest BCUT2D eigenvalue weighted by Crippen LogP contribution is -2.30. The van der Waals surface area contributed by atoms with Crippen LogP contribution in [0.5, 0.6) is 5.75 Å². The summed E-state index contributed by atoms with van der Waals surface area (Å²) in [7, 11) is 3.30. The van der Waals surface area contributed by atoms with Crippen molar-refractivity contribution in [3.63, 3.8) is 0 Å². The Hall–Kier alpha value is -3.52. The summed E-state index contributed by atoms with van der Waals surface area (Å²) in [5.41, 5.74) is 1.83. The standard InChI is InChI=1S/C24H22N2O5S/c1-26(12-15-3-4-17-10-19(30-2)7-5-16(17)9-15)23(28)13-31-24(29)18-6-8-21-20(11-18)25-22(27)14-32-21/h3-11H,12-14H2,1-2H3,(H,25,27). The normalized spacial score (nSPS) is 12.6. The molecule has 7 nitrogen and oxygen atoms in total. The number of amides is 2. The summed E-state index contributed by atoms with van der Waals surface area (Å²) < 4.78 is 10.4. The maximum atomic E-state index is 12.5. The van der Waals surface area contributed by atoms with Gasteiger partial charge in [-0.2, -0.15) is 0 Å². The topological polar surface area (TPSA) is 84.9 Å². The van der Waals surface area contributed by atoms with Crippen molar-refractivity contribution >= 4 is 46.0 Å². The van der Waals surface area contributed by atoms with Crippen molar-refractivity contribution in [2.75, 3.05) is 31.8 Å². The molecule has 1 aliphatic heterocycles. The van der Waals surface area contributed by atoms with Crippen LogP contribution >= 0.6 is 11.8 Å². The van der Waals surface area contributed by atoms with E-state index in [0.29, 0.717) is 18.0 Å². The van der Waals surface area contributed by atoms with Gasteiger partial charge in [0.15, 0.2) is 6.61 Å². The summed E-state index contributed by atoms with van der Waals surface area (Å²) in [6.07, 6.45) is 0. The highest BCUT2D eigenvalue weighted by atomic mass is 32.2. The summed E-state index contributed by atoms with van der Waals surface area (Å²) in [6, 6.07) is 16.7. The third-order valence-electron chi connectivity index (χ3n) is 5.13. The van der Waals surface area contributed by atoms with E-state index in [0.717, 1.165) is 27.0 Å². The lowest BCUT2D eigenvalue weighted by molar-refractivity contribution is -0.133. The SMILES string of the molecule is COc1ccc2cc(CN(C)C(=O)COC(=O)c3ccc4c(c3)NC(=O)CS4)ccc2c1. The number of benzene rings is 3. The second kappa shape index (κ2) is 9.32. The fourth-order valence-electron chi connectivity index (χ4n) is 3.39. The van der Waals surface area contributed by atoms with E-state index in [1.807, 2.05) is 36.4 Å². The van der Waals surface area contributed by atoms with E-state index in [1.165, 1.54) is 16.7 Å². The lowest BCUT2D eigenvalue weighted by Gasteiger charge is -2.18. The Bertz CT molecular complexity index is 1210. The molecule has 0 bridgehead atoms. The Morgan fingerprint density at radius 1 is 1.06 bits per heavy atom. The van der Waals surface area contributed by atoms with E-state index in [1.54, 1.807) is 32.4 Å². The molecule has 1 heterocycles. The summed E-state index contributed by atoms with van der Waals surface area (Å²) in [5.74, 6) is 0.106. The van der Waals surface area contributed by atoms with E-state index in [9.17, 15) is 14.4 Å². The fraction of sp³-hybridized carbons (Fsp3) is 0.208. The molecule has 32 heavy (non-hydrogen) atoms. The number of likely N-dealkylation sites (N-methyl/N-ethyl adjacent to an activating group) is 1. The smallest absolute Gasteiger partial charge is 0.338 e. The van der Waals surface area contributed by atoms with Gasteiger partial charge in [0.05, 0.1) is 24.1 Å². The highest BCUT2D eigenvalue weighted by molar-refractivity contribution is 8.00. The van der Waals surface area contributed by atoms with Gasteiger partial charge in [-0.25, -0.2) is 4.79 Å². The first kappa shape index (κ1) is 21.7. The second-order valence-corrected chi connectivity index (χ2v) is 8.44. The van der Waals surface area contributed by atoms with Crippen molar-refractivity contribution in [3.8, 4) is 5.75 Å². The molecular weight excluding hydrogens is 428 g/mol. The molecule has 0 spiro atoms. The molecule has 0 aliphatic carbocycles. The summed E-state index contributed by atoms with van der Waals surface area (Å²) in [6.45, 7) is 0.0265. The van der Waals surface area contributed by atoms with Gasteiger partial charge in [0, 0.05) is 18.5 Å². The summed E-state index contributed by atoms with van der Waals surface area (Å²) in [4.78, 5) is 38.8. The molecule has 0 radical (unpaired) electrons. The Kier molecular flexibility index (Phi) is 6.32. The number of carbonyl (C=O) groups is 3. The van der Waals surface area contributed by atoms with Crippen LogP contribution < -0.4 is 10.1 Å². The van der Waals surface area contributed by atoms with Crippen LogP contribution in [0.3, 0.4) is 0 Å². The zero-order valence-corrected chi connectivity index (χ0v) is 18.5. The van der Waals surface area contributed by atoms with Crippen molar-refractivity contribution in [1.82, 2.24) is 4.90 Å². The van der Waals surface area contributed by atoms with Gasteiger partial charge in [-0.1, -0.05) is 18.2 Å². The van der Waals surface area contributed by atoms with Crippen molar-refractivity contribution in [3.05, 3.63) is 65.7 Å². The minimum atomic E-state index is -0.612. The summed E-state index contributed by atoms with van der Waals surface area (Å²) in [5, 5.41) is 4.84. The van der Waals surface area contributed by atoms with Crippen LogP contribution in [0, 0.1) is 0 Å². The predicted octanol–water partition coefficient (Wildman–Crippen LogP) is 3.71. The number of hydrogen-bond acceptors (Lipinski definition) is 6. The first-order valence-electron chi connectivity index (χ1n) is 9.97. The Morgan fingerprint density at radius 3 is 2.66 bits per heavy atom. The molecule has 0 saturated carbocycles. The maximum absolute atomic E-state index is 12.5. The largest absolute Gasteiger partial charge is 0.497 e. The highest BCUT2D eigenvalue weighted by Crippen LogP contribution is 2.32. The van der Waals surface area contributed by atoms with Crippen molar-refractivity contribution in [2.24, 2.45) is 0 Å². The van der Waals surface area contributed by atoms with Crippen LogP contribution in [0.1, 0.15) is 15.9 Å². The quantitative estimate of drug-likeness (QED) is 0.577. The van der Waals surface area contributed by atoms with Crippen molar-refractivity contribution in [1.29, 1.82) is 0 Å². The Labute approximate surface area is 189 Å². The van der Waals surface area contributed by atoms with Gasteiger partial charge < -0.3 is 19.7 Å². The number of nitrogens with zero attached hydrogens (tertiary/aromatic N) is 1. The van der Waals surface area contributed by atoms with Gasteiger partial charge in [0.25, 0.3) is 5.91 Å². The van der Waals surface area contributed by atoms with E-state index < -0.39 is 5.97 Å². The number of hydrogen-bond donors (Lipinski definition) is 1. The van der Waals surface area contributed by atoms with E-state index in [4.69, 9.17) is 9.47 Å². The number of thioether (sulfide) groups is 1. The van der Waals surface area contributed by atoms with Crippen LogP contribution in [-0.4, -0.2) is 49.2 Å². The number of fused-ring (bicyclic) bond motifs is 2. The zero-order chi connectivity index (χ0) is 22.7. The van der Waals surface area contributed by atoms with E-state index in [2.05, 4.69) is 5.32 Å². The van der Waals surface area contributed by atoms with Gasteiger partial charge in [-0.3, -0.25) is 9.59 Å². The average Bonchev–Trinajstić information content (AvgIpc) is 2.81. The molecule has 164 valence electrons. The number of anilines is 1. The molecule has 4 rings (SSSR count). The van der Waals surface area contributed by atoms with Crippen molar-refractivity contribution in [2.45, 2.75) is 11.4 Å². The minimum absolute atomic E-state index is 0.113. The first-order valence-corrected chi connectivity index (χ1v) is 11.0. The summed E-state index contributed by atoms with van der Waals surface area (Å²) >= 11 is 1.41. The number of esters is 1. The third-order valence-corrected chi connectivity index (χ3v) is 6.21. The number of ether oxygens (including phenoxy) is 2. The zero-order valence-electron chi connectivity index (χ0n) is 17.7. The maximum Gasteiger partial charge on any atom is 0.338 e. The number of carbonyl (C=O) groups excluding carboxylic acids is 3. The van der Waals surface area contributed by atoms with E-state index in [-0.39, 0.29) is 24.0 Å². The van der Waals surface area contributed by atoms with Gasteiger partial charge in [0.1, 0.15) is 5.75 Å². The van der Waals surface area contributed by atoms with Crippen LogP contribution in [0.15, 0.2) is 59.5 Å². The average molecular weight is 451 g/mol. The van der Waals surface area contributed by atoms with Crippen LogP contribution in [0.4, 0.5) is 5.69 Å². The number of rotatable bonds is 6. The molecule has 0 aromatic heterocycles. The molecule has 0 atom stereocenters. The second-order valence-electron chi connectivity index (χ2n) is 7.42. The van der Waals surface area contributed by atoms with Crippen LogP contribution in [0.25, 0.3) is 10.8 Å². The van der Waals surface area contributed by atoms with Gasteiger partial charge in [-0.15, -0.1) is 11.8 Å². The first-order chi connectivity index (χ1) is 15.4. The minimum Gasteiger partial charge on any atom is -0.497 e. The molecule has 1 N–H and O–H groups in total. The Morgan fingerprint density at radius 2 is 1.84 bits per heavy atom. The third kappa shape index (κ3) is 4.86. The van der Waals surface area contributed by atoms with Crippen LogP contribution in [0.2, 0.25) is 0 Å². The van der Waals surface area contributed by atoms with Crippen LogP contribution in [-0.2, 0) is 20.9 Å². The molecule has 1 aliphatic rings. The van der Waals surface area contributed by atoms with Gasteiger partial charge in [-0.05, 0) is 52.7 Å². The highest BCUT2D eigenvalue weighted by Gasteiger charge is 2.19. The monoisotopic (exact) mass is 450 g/mol. The van der Waals surface area contributed by atoms with Gasteiger partial charge in [0.2, 0.25) is 5.91 Å². The molecule has 2 amide bonds. The molecule has 8 heteroatoms. The molecule has 0 unspecified atom stereocenters. The lowest BCUT2D eigenvalue weighted by atomic mass is 10.1. The number of methoxy groups -OCH3 is 1. The van der Waals surface area contributed by atoms with Gasteiger partial charge >= 0.3 is 5.97 Å². The molecular formula is C24H22N2O5S. The molecule has 0 fully saturated rings. The Balaban J connectivity index is 1.34. The number of nitrogens with one attached hydrogen (secondary N) is 1. The van der Waals surface area contributed by atoms with Crippen molar-refractivity contribution < 1.29 is 23.9 Å². The molecule has 0 saturated heterocycles.